The quantitative estimate of drug-likeness (QED) is 0.786. The van der Waals surface area contributed by atoms with Crippen LogP contribution in [0.4, 0.5) is 5.69 Å². The highest BCUT2D eigenvalue weighted by Crippen LogP contribution is 2.25. The highest BCUT2D eigenvalue weighted by molar-refractivity contribution is 9.10. The molecule has 0 bridgehead atoms. The molecular weight excluding hydrogens is 344 g/mol. The summed E-state index contributed by atoms with van der Waals surface area (Å²) >= 11 is 3.25. The Bertz CT molecular complexity index is 577. The molecule has 2 unspecified atom stereocenters. The molecule has 7 heteroatoms. The van der Waals surface area contributed by atoms with Crippen molar-refractivity contribution in [2.24, 2.45) is 5.92 Å². The molecule has 2 atom stereocenters. The summed E-state index contributed by atoms with van der Waals surface area (Å²) in [7, 11) is -3.53. The number of sulfonamides is 1. The topological polar surface area (TPSA) is 81.4 Å². The van der Waals surface area contributed by atoms with E-state index >= 15 is 0 Å². The third-order valence-electron chi connectivity index (χ3n) is 3.56. The van der Waals surface area contributed by atoms with E-state index in [4.69, 9.17) is 10.5 Å². The van der Waals surface area contributed by atoms with E-state index in [0.29, 0.717) is 23.3 Å². The monoisotopic (exact) mass is 362 g/mol. The Morgan fingerprint density at radius 2 is 2.25 bits per heavy atom. The first-order chi connectivity index (χ1) is 9.44. The lowest BCUT2D eigenvalue weighted by molar-refractivity contribution is 0.0884. The predicted molar refractivity (Wildman–Crippen MR) is 81.9 cm³/mol. The molecule has 0 aliphatic carbocycles. The number of halogens is 1. The van der Waals surface area contributed by atoms with E-state index in [9.17, 15) is 8.42 Å². The SMILES string of the molecule is CCC1OCCC1CNS(=O)(=O)c1ccc(Br)c(N)c1. The fourth-order valence-electron chi connectivity index (χ4n) is 2.37. The van der Waals surface area contributed by atoms with Gasteiger partial charge in [-0.2, -0.15) is 0 Å². The summed E-state index contributed by atoms with van der Waals surface area (Å²) in [5.41, 5.74) is 6.13. The minimum absolute atomic E-state index is 0.146. The van der Waals surface area contributed by atoms with Crippen molar-refractivity contribution in [2.75, 3.05) is 18.9 Å². The number of hydrogen-bond acceptors (Lipinski definition) is 4. The van der Waals surface area contributed by atoms with E-state index in [1.807, 2.05) is 6.92 Å². The molecule has 0 radical (unpaired) electrons. The average molecular weight is 363 g/mol. The van der Waals surface area contributed by atoms with Crippen LogP contribution in [-0.2, 0) is 14.8 Å². The minimum Gasteiger partial charge on any atom is -0.398 e. The third kappa shape index (κ3) is 3.52. The summed E-state index contributed by atoms with van der Waals surface area (Å²) in [6.07, 6.45) is 1.94. The van der Waals surface area contributed by atoms with Crippen molar-refractivity contribution in [3.63, 3.8) is 0 Å². The van der Waals surface area contributed by atoms with Crippen molar-refractivity contribution >= 4 is 31.6 Å². The summed E-state index contributed by atoms with van der Waals surface area (Å²) in [5, 5.41) is 0. The third-order valence-corrected chi connectivity index (χ3v) is 5.71. The highest BCUT2D eigenvalue weighted by atomic mass is 79.9. The fraction of sp³-hybridized carbons (Fsp3) is 0.538. The molecule has 1 fully saturated rings. The number of ether oxygens (including phenoxy) is 1. The van der Waals surface area contributed by atoms with Gasteiger partial charge in [0.15, 0.2) is 0 Å². The van der Waals surface area contributed by atoms with Gasteiger partial charge in [0, 0.05) is 29.2 Å². The van der Waals surface area contributed by atoms with E-state index in [1.54, 1.807) is 6.07 Å². The zero-order valence-electron chi connectivity index (χ0n) is 11.3. The first-order valence-corrected chi connectivity index (χ1v) is 8.88. The first kappa shape index (κ1) is 15.8. The zero-order chi connectivity index (χ0) is 14.8. The van der Waals surface area contributed by atoms with Crippen LogP contribution in [0.1, 0.15) is 19.8 Å². The Hall–Kier alpha value is -0.630. The molecule has 1 aromatic rings. The number of rotatable bonds is 5. The molecule has 5 nitrogen and oxygen atoms in total. The molecule has 20 heavy (non-hydrogen) atoms. The Morgan fingerprint density at radius 1 is 1.50 bits per heavy atom. The van der Waals surface area contributed by atoms with Crippen LogP contribution >= 0.6 is 15.9 Å². The molecule has 112 valence electrons. The molecular formula is C13H19BrN2O3S. The Balaban J connectivity index is 2.05. The molecule has 1 heterocycles. The summed E-state index contributed by atoms with van der Waals surface area (Å²) in [6, 6.07) is 4.62. The van der Waals surface area contributed by atoms with Crippen LogP contribution in [0.15, 0.2) is 27.6 Å². The van der Waals surface area contributed by atoms with Gasteiger partial charge in [-0.15, -0.1) is 0 Å². The lowest BCUT2D eigenvalue weighted by Crippen LogP contribution is -2.32. The van der Waals surface area contributed by atoms with Crippen LogP contribution in [0.3, 0.4) is 0 Å². The Kier molecular flexibility index (Phi) is 5.06. The van der Waals surface area contributed by atoms with Crippen molar-refractivity contribution in [3.05, 3.63) is 22.7 Å². The second kappa shape index (κ2) is 6.43. The largest absolute Gasteiger partial charge is 0.398 e. The molecule has 3 N–H and O–H groups in total. The van der Waals surface area contributed by atoms with Gasteiger partial charge >= 0.3 is 0 Å². The van der Waals surface area contributed by atoms with Crippen molar-refractivity contribution in [3.8, 4) is 0 Å². The van der Waals surface area contributed by atoms with Crippen LogP contribution in [0.5, 0.6) is 0 Å². The summed E-state index contributed by atoms with van der Waals surface area (Å²) in [6.45, 7) is 3.15. The number of nitrogens with one attached hydrogen (secondary N) is 1. The van der Waals surface area contributed by atoms with Gasteiger partial charge in [0.1, 0.15) is 0 Å². The number of hydrogen-bond donors (Lipinski definition) is 2. The standard InChI is InChI=1S/C13H19BrN2O3S/c1-2-13-9(5-6-19-13)8-16-20(17,18)10-3-4-11(14)12(15)7-10/h3-4,7,9,13,16H,2,5-6,8,15H2,1H3. The first-order valence-electron chi connectivity index (χ1n) is 6.60. The molecule has 1 aromatic carbocycles. The number of nitrogens with two attached hydrogens (primary N) is 1. The molecule has 0 amide bonds. The normalized spacial score (nSPS) is 23.1. The average Bonchev–Trinajstić information content (AvgIpc) is 2.87. The van der Waals surface area contributed by atoms with Crippen molar-refractivity contribution in [1.29, 1.82) is 0 Å². The van der Waals surface area contributed by atoms with Crippen LogP contribution in [-0.4, -0.2) is 27.7 Å². The zero-order valence-corrected chi connectivity index (χ0v) is 13.7. The fourth-order valence-corrected chi connectivity index (χ4v) is 3.74. The van der Waals surface area contributed by atoms with Gasteiger partial charge in [-0.05, 0) is 47.0 Å². The molecule has 0 spiro atoms. The van der Waals surface area contributed by atoms with Crippen LogP contribution in [0.2, 0.25) is 0 Å². The lowest BCUT2D eigenvalue weighted by atomic mass is 10.0. The van der Waals surface area contributed by atoms with E-state index in [0.717, 1.165) is 12.8 Å². The van der Waals surface area contributed by atoms with Crippen LogP contribution in [0.25, 0.3) is 0 Å². The van der Waals surface area contributed by atoms with Crippen LogP contribution in [0, 0.1) is 5.92 Å². The Morgan fingerprint density at radius 3 is 2.90 bits per heavy atom. The molecule has 0 saturated carbocycles. The summed E-state index contributed by atoms with van der Waals surface area (Å²) in [5.74, 6) is 0.238. The van der Waals surface area contributed by atoms with Gasteiger partial charge in [-0.25, -0.2) is 13.1 Å². The summed E-state index contributed by atoms with van der Waals surface area (Å²) < 4.78 is 33.3. The maximum atomic E-state index is 12.2. The number of anilines is 1. The van der Waals surface area contributed by atoms with Gasteiger partial charge in [0.2, 0.25) is 10.0 Å². The van der Waals surface area contributed by atoms with E-state index in [2.05, 4.69) is 20.7 Å². The van der Waals surface area contributed by atoms with Gasteiger partial charge < -0.3 is 10.5 Å². The smallest absolute Gasteiger partial charge is 0.240 e. The maximum Gasteiger partial charge on any atom is 0.240 e. The predicted octanol–water partition coefficient (Wildman–Crippen LogP) is 2.12. The van der Waals surface area contributed by atoms with Gasteiger partial charge in [-0.1, -0.05) is 6.92 Å². The maximum absolute atomic E-state index is 12.2. The van der Waals surface area contributed by atoms with Crippen molar-refractivity contribution in [1.82, 2.24) is 4.72 Å². The summed E-state index contributed by atoms with van der Waals surface area (Å²) in [4.78, 5) is 0.185. The van der Waals surface area contributed by atoms with E-state index in [1.165, 1.54) is 12.1 Å². The lowest BCUT2D eigenvalue weighted by Gasteiger charge is -2.17. The Labute approximate surface area is 128 Å². The van der Waals surface area contributed by atoms with E-state index < -0.39 is 10.0 Å². The van der Waals surface area contributed by atoms with Gasteiger partial charge in [0.05, 0.1) is 11.0 Å². The molecule has 1 aliphatic heterocycles. The number of benzene rings is 1. The van der Waals surface area contributed by atoms with Crippen molar-refractivity contribution < 1.29 is 13.2 Å². The second-order valence-electron chi connectivity index (χ2n) is 4.90. The molecule has 2 rings (SSSR count). The van der Waals surface area contributed by atoms with Crippen molar-refractivity contribution in [2.45, 2.75) is 30.8 Å². The van der Waals surface area contributed by atoms with E-state index in [-0.39, 0.29) is 16.9 Å². The molecule has 1 saturated heterocycles. The second-order valence-corrected chi connectivity index (χ2v) is 7.52. The van der Waals surface area contributed by atoms with Crippen LogP contribution < -0.4 is 10.5 Å². The number of nitrogen functional groups attached to an aromatic ring is 1. The van der Waals surface area contributed by atoms with Gasteiger partial charge in [-0.3, -0.25) is 0 Å². The molecule has 1 aliphatic rings. The minimum atomic E-state index is -3.53. The van der Waals surface area contributed by atoms with Gasteiger partial charge in [0.25, 0.3) is 0 Å². The highest BCUT2D eigenvalue weighted by Gasteiger charge is 2.28. The molecule has 0 aromatic heterocycles.